The van der Waals surface area contributed by atoms with Crippen molar-refractivity contribution in [1.29, 1.82) is 0 Å². The van der Waals surface area contributed by atoms with Crippen LogP contribution in [0.25, 0.3) is 10.2 Å². The number of thiazole rings is 1. The van der Waals surface area contributed by atoms with Crippen molar-refractivity contribution in [1.82, 2.24) is 4.98 Å². The van der Waals surface area contributed by atoms with E-state index in [1.807, 2.05) is 6.07 Å². The van der Waals surface area contributed by atoms with Gasteiger partial charge in [0, 0.05) is 5.56 Å². The third kappa shape index (κ3) is 2.80. The molecule has 22 heavy (non-hydrogen) atoms. The van der Waals surface area contributed by atoms with Crippen LogP contribution in [0.3, 0.4) is 0 Å². The summed E-state index contributed by atoms with van der Waals surface area (Å²) in [6.45, 7) is 4.13. The molecule has 112 valence electrons. The Labute approximate surface area is 132 Å². The Morgan fingerprint density at radius 1 is 1.18 bits per heavy atom. The van der Waals surface area contributed by atoms with Gasteiger partial charge in [-0.05, 0) is 55.3 Å². The van der Waals surface area contributed by atoms with Crippen LogP contribution in [-0.2, 0) is 0 Å². The SMILES string of the molecule is COc1cccc(C(=O)Nc2nc3cc(C)c(C)cc3s2)c1. The number of anilines is 1. The van der Waals surface area contributed by atoms with Crippen molar-refractivity contribution in [2.45, 2.75) is 13.8 Å². The fraction of sp³-hybridized carbons (Fsp3) is 0.176. The average molecular weight is 312 g/mol. The van der Waals surface area contributed by atoms with Crippen LogP contribution in [0.15, 0.2) is 36.4 Å². The summed E-state index contributed by atoms with van der Waals surface area (Å²) >= 11 is 1.48. The molecule has 0 spiro atoms. The molecule has 0 aliphatic carbocycles. The van der Waals surface area contributed by atoms with Crippen LogP contribution in [0.5, 0.6) is 5.75 Å². The minimum Gasteiger partial charge on any atom is -0.497 e. The number of aromatic nitrogens is 1. The molecular formula is C17H16N2O2S. The lowest BCUT2D eigenvalue weighted by atomic mass is 10.1. The second-order valence-electron chi connectivity index (χ2n) is 5.11. The molecule has 0 unspecified atom stereocenters. The highest BCUT2D eigenvalue weighted by Crippen LogP contribution is 2.28. The van der Waals surface area contributed by atoms with Crippen molar-refractivity contribution in [2.75, 3.05) is 12.4 Å². The number of rotatable bonds is 3. The van der Waals surface area contributed by atoms with Crippen LogP contribution >= 0.6 is 11.3 Å². The third-order valence-corrected chi connectivity index (χ3v) is 4.49. The van der Waals surface area contributed by atoms with E-state index in [0.29, 0.717) is 16.4 Å². The fourth-order valence-corrected chi connectivity index (χ4v) is 3.11. The van der Waals surface area contributed by atoms with E-state index in [1.54, 1.807) is 31.4 Å². The molecule has 3 rings (SSSR count). The first-order chi connectivity index (χ1) is 10.6. The molecule has 0 bridgehead atoms. The van der Waals surface area contributed by atoms with Crippen molar-refractivity contribution >= 4 is 32.6 Å². The number of amides is 1. The topological polar surface area (TPSA) is 51.2 Å². The molecule has 1 N–H and O–H groups in total. The Balaban J connectivity index is 1.87. The number of ether oxygens (including phenoxy) is 1. The van der Waals surface area contributed by atoms with E-state index in [1.165, 1.54) is 22.5 Å². The molecule has 0 atom stereocenters. The highest BCUT2D eigenvalue weighted by molar-refractivity contribution is 7.22. The van der Waals surface area contributed by atoms with Crippen molar-refractivity contribution in [2.24, 2.45) is 0 Å². The Morgan fingerprint density at radius 3 is 2.73 bits per heavy atom. The highest BCUT2D eigenvalue weighted by Gasteiger charge is 2.11. The van der Waals surface area contributed by atoms with Gasteiger partial charge in [0.15, 0.2) is 5.13 Å². The predicted octanol–water partition coefficient (Wildman–Crippen LogP) is 4.17. The van der Waals surface area contributed by atoms with Gasteiger partial charge < -0.3 is 4.74 Å². The number of fused-ring (bicyclic) bond motifs is 1. The lowest BCUT2D eigenvalue weighted by Gasteiger charge is -2.03. The van der Waals surface area contributed by atoms with Gasteiger partial charge >= 0.3 is 0 Å². The van der Waals surface area contributed by atoms with Crippen LogP contribution in [0.1, 0.15) is 21.5 Å². The summed E-state index contributed by atoms with van der Waals surface area (Å²) in [6.07, 6.45) is 0. The lowest BCUT2D eigenvalue weighted by Crippen LogP contribution is -2.11. The van der Waals surface area contributed by atoms with Crippen molar-refractivity contribution < 1.29 is 9.53 Å². The molecule has 1 aromatic heterocycles. The lowest BCUT2D eigenvalue weighted by molar-refractivity contribution is 0.102. The molecule has 0 saturated heterocycles. The van der Waals surface area contributed by atoms with Gasteiger partial charge in [-0.25, -0.2) is 4.98 Å². The number of benzene rings is 2. The van der Waals surface area contributed by atoms with Crippen LogP contribution in [0.4, 0.5) is 5.13 Å². The zero-order valence-electron chi connectivity index (χ0n) is 12.6. The van der Waals surface area contributed by atoms with Crippen LogP contribution in [-0.4, -0.2) is 18.0 Å². The molecule has 0 aliphatic heterocycles. The van der Waals surface area contributed by atoms with Crippen LogP contribution < -0.4 is 10.1 Å². The monoisotopic (exact) mass is 312 g/mol. The summed E-state index contributed by atoms with van der Waals surface area (Å²) in [6, 6.07) is 11.2. The summed E-state index contributed by atoms with van der Waals surface area (Å²) in [5.74, 6) is 0.467. The van der Waals surface area contributed by atoms with Crippen molar-refractivity contribution in [3.8, 4) is 5.75 Å². The molecule has 5 heteroatoms. The summed E-state index contributed by atoms with van der Waals surface area (Å²) < 4.78 is 6.21. The van der Waals surface area contributed by atoms with Gasteiger partial charge in [0.05, 0.1) is 17.3 Å². The number of methoxy groups -OCH3 is 1. The Hall–Kier alpha value is -2.40. The standard InChI is InChI=1S/C17H16N2O2S/c1-10-7-14-15(8-11(10)2)22-17(18-14)19-16(20)12-5-4-6-13(9-12)21-3/h4-9H,1-3H3,(H,18,19,20). The van der Waals surface area contributed by atoms with Gasteiger partial charge in [-0.3, -0.25) is 10.1 Å². The number of nitrogens with zero attached hydrogens (tertiary/aromatic N) is 1. The maximum absolute atomic E-state index is 12.3. The predicted molar refractivity (Wildman–Crippen MR) is 90.0 cm³/mol. The molecule has 1 heterocycles. The van der Waals surface area contributed by atoms with E-state index in [9.17, 15) is 4.79 Å². The summed E-state index contributed by atoms with van der Waals surface area (Å²) in [4.78, 5) is 16.8. The smallest absolute Gasteiger partial charge is 0.257 e. The van der Waals surface area contributed by atoms with Crippen LogP contribution in [0, 0.1) is 13.8 Å². The first kappa shape index (κ1) is 14.5. The molecular weight excluding hydrogens is 296 g/mol. The minimum absolute atomic E-state index is 0.189. The van der Waals surface area contributed by atoms with Gasteiger partial charge in [-0.15, -0.1) is 0 Å². The number of hydrogen-bond donors (Lipinski definition) is 1. The first-order valence-electron chi connectivity index (χ1n) is 6.90. The maximum atomic E-state index is 12.3. The van der Waals surface area contributed by atoms with Gasteiger partial charge in [-0.1, -0.05) is 17.4 Å². The maximum Gasteiger partial charge on any atom is 0.257 e. The zero-order valence-corrected chi connectivity index (χ0v) is 13.5. The quantitative estimate of drug-likeness (QED) is 0.789. The van der Waals surface area contributed by atoms with Gasteiger partial charge in [0.2, 0.25) is 0 Å². The molecule has 0 radical (unpaired) electrons. The van der Waals surface area contributed by atoms with Crippen LogP contribution in [0.2, 0.25) is 0 Å². The molecule has 3 aromatic rings. The number of aryl methyl sites for hydroxylation is 2. The van der Waals surface area contributed by atoms with E-state index in [2.05, 4.69) is 30.2 Å². The normalized spacial score (nSPS) is 10.7. The van der Waals surface area contributed by atoms with E-state index < -0.39 is 0 Å². The van der Waals surface area contributed by atoms with Crippen molar-refractivity contribution in [3.63, 3.8) is 0 Å². The molecule has 1 amide bonds. The second-order valence-corrected chi connectivity index (χ2v) is 6.14. The second kappa shape index (κ2) is 5.77. The van der Waals surface area contributed by atoms with Gasteiger partial charge in [0.25, 0.3) is 5.91 Å². The Morgan fingerprint density at radius 2 is 1.95 bits per heavy atom. The molecule has 2 aromatic carbocycles. The highest BCUT2D eigenvalue weighted by atomic mass is 32.1. The number of nitrogens with one attached hydrogen (secondary N) is 1. The minimum atomic E-state index is -0.189. The van der Waals surface area contributed by atoms with Crippen molar-refractivity contribution in [3.05, 3.63) is 53.1 Å². The number of carbonyl (C=O) groups is 1. The van der Waals surface area contributed by atoms with E-state index in [4.69, 9.17) is 4.74 Å². The van der Waals surface area contributed by atoms with E-state index in [-0.39, 0.29) is 5.91 Å². The van der Waals surface area contributed by atoms with E-state index >= 15 is 0 Å². The summed E-state index contributed by atoms with van der Waals surface area (Å²) in [5.41, 5.74) is 3.88. The summed E-state index contributed by atoms with van der Waals surface area (Å²) in [7, 11) is 1.58. The average Bonchev–Trinajstić information content (AvgIpc) is 2.89. The first-order valence-corrected chi connectivity index (χ1v) is 7.71. The third-order valence-electron chi connectivity index (χ3n) is 3.56. The number of hydrogen-bond acceptors (Lipinski definition) is 4. The molecule has 4 nitrogen and oxygen atoms in total. The molecule has 0 aliphatic rings. The van der Waals surface area contributed by atoms with Gasteiger partial charge in [-0.2, -0.15) is 0 Å². The van der Waals surface area contributed by atoms with Gasteiger partial charge in [0.1, 0.15) is 5.75 Å². The van der Waals surface area contributed by atoms with E-state index in [0.717, 1.165) is 10.2 Å². The Kier molecular flexibility index (Phi) is 3.81. The Bertz CT molecular complexity index is 816. The molecule has 0 saturated carbocycles. The number of carbonyl (C=O) groups excluding carboxylic acids is 1. The molecule has 0 fully saturated rings. The zero-order chi connectivity index (χ0) is 15.7. The fourth-order valence-electron chi connectivity index (χ4n) is 2.17. The largest absolute Gasteiger partial charge is 0.497 e. The summed E-state index contributed by atoms with van der Waals surface area (Å²) in [5, 5.41) is 3.46.